The van der Waals surface area contributed by atoms with Gasteiger partial charge in [0.25, 0.3) is 5.69 Å². The molecule has 0 bridgehead atoms. The number of hydrogen-bond donors (Lipinski definition) is 0. The Morgan fingerprint density at radius 3 is 2.55 bits per heavy atom. The summed E-state index contributed by atoms with van der Waals surface area (Å²) in [5.41, 5.74) is 0.924. The molecule has 4 rings (SSSR count). The molecular formula is C16H18N4O2. The fraction of sp³-hybridized carbons (Fsp3) is 0.438. The Morgan fingerprint density at radius 1 is 1.09 bits per heavy atom. The molecule has 2 heterocycles. The number of anilines is 1. The zero-order valence-electron chi connectivity index (χ0n) is 12.3. The number of pyridine rings is 1. The van der Waals surface area contributed by atoms with Crippen molar-refractivity contribution in [2.24, 2.45) is 0 Å². The number of nitrogens with zero attached hydrogens (tertiary/aromatic N) is 4. The molecule has 6 nitrogen and oxygen atoms in total. The van der Waals surface area contributed by atoms with Gasteiger partial charge < -0.3 is 4.90 Å². The van der Waals surface area contributed by atoms with E-state index in [1.165, 1.54) is 18.9 Å². The lowest BCUT2D eigenvalue weighted by Crippen LogP contribution is -2.47. The van der Waals surface area contributed by atoms with Crippen LogP contribution in [0.25, 0.3) is 10.9 Å². The monoisotopic (exact) mass is 298 g/mol. The van der Waals surface area contributed by atoms with E-state index < -0.39 is 0 Å². The molecule has 2 aliphatic rings. The second-order valence-corrected chi connectivity index (χ2v) is 6.06. The van der Waals surface area contributed by atoms with Gasteiger partial charge in [-0.1, -0.05) is 0 Å². The summed E-state index contributed by atoms with van der Waals surface area (Å²) in [5.74, 6) is 0.969. The molecule has 1 aromatic heterocycles. The molecule has 1 aromatic carbocycles. The van der Waals surface area contributed by atoms with E-state index in [9.17, 15) is 10.1 Å². The summed E-state index contributed by atoms with van der Waals surface area (Å²) in [6.45, 7) is 4.21. The van der Waals surface area contributed by atoms with Gasteiger partial charge in [0.1, 0.15) is 5.82 Å². The lowest BCUT2D eigenvalue weighted by Gasteiger charge is -2.35. The van der Waals surface area contributed by atoms with E-state index in [0.29, 0.717) is 0 Å². The molecule has 1 aliphatic heterocycles. The van der Waals surface area contributed by atoms with Crippen LogP contribution in [0.4, 0.5) is 11.5 Å². The van der Waals surface area contributed by atoms with Crippen LogP contribution in [0.2, 0.25) is 0 Å². The first-order valence-corrected chi connectivity index (χ1v) is 7.75. The number of fused-ring (bicyclic) bond motifs is 1. The van der Waals surface area contributed by atoms with Crippen LogP contribution in [-0.2, 0) is 0 Å². The molecule has 6 heteroatoms. The van der Waals surface area contributed by atoms with Crippen LogP contribution in [-0.4, -0.2) is 47.0 Å². The molecule has 0 spiro atoms. The number of hydrogen-bond acceptors (Lipinski definition) is 5. The molecule has 1 aliphatic carbocycles. The summed E-state index contributed by atoms with van der Waals surface area (Å²) < 4.78 is 0. The Morgan fingerprint density at radius 2 is 1.86 bits per heavy atom. The molecule has 2 aromatic rings. The zero-order chi connectivity index (χ0) is 15.1. The number of piperazine rings is 1. The van der Waals surface area contributed by atoms with Crippen LogP contribution in [0.15, 0.2) is 30.3 Å². The molecule has 2 fully saturated rings. The molecule has 1 saturated heterocycles. The Hall–Kier alpha value is -2.21. The molecule has 0 N–H and O–H groups in total. The third-order valence-electron chi connectivity index (χ3n) is 4.57. The van der Waals surface area contributed by atoms with Crippen LogP contribution < -0.4 is 4.90 Å². The molecular weight excluding hydrogens is 280 g/mol. The van der Waals surface area contributed by atoms with Crippen LogP contribution in [0.3, 0.4) is 0 Å². The minimum Gasteiger partial charge on any atom is -0.354 e. The van der Waals surface area contributed by atoms with Crippen molar-refractivity contribution < 1.29 is 4.92 Å². The highest BCUT2D eigenvalue weighted by Gasteiger charge is 2.31. The van der Waals surface area contributed by atoms with Gasteiger partial charge in [0.05, 0.1) is 10.4 Å². The maximum Gasteiger partial charge on any atom is 0.270 e. The summed E-state index contributed by atoms with van der Waals surface area (Å²) >= 11 is 0. The average Bonchev–Trinajstić information content (AvgIpc) is 3.39. The van der Waals surface area contributed by atoms with Gasteiger partial charge in [0, 0.05) is 49.7 Å². The predicted octanol–water partition coefficient (Wildman–Crippen LogP) is 2.43. The predicted molar refractivity (Wildman–Crippen MR) is 85.2 cm³/mol. The average molecular weight is 298 g/mol. The van der Waals surface area contributed by atoms with Crippen LogP contribution in [0.1, 0.15) is 12.8 Å². The quantitative estimate of drug-likeness (QED) is 0.643. The highest BCUT2D eigenvalue weighted by Crippen LogP contribution is 2.29. The molecule has 0 amide bonds. The molecule has 0 atom stereocenters. The minimum absolute atomic E-state index is 0.111. The minimum atomic E-state index is -0.371. The zero-order valence-corrected chi connectivity index (χ0v) is 12.3. The van der Waals surface area contributed by atoms with E-state index in [1.54, 1.807) is 12.1 Å². The van der Waals surface area contributed by atoms with E-state index in [-0.39, 0.29) is 10.6 Å². The van der Waals surface area contributed by atoms with Crippen LogP contribution in [0, 0.1) is 10.1 Å². The van der Waals surface area contributed by atoms with Gasteiger partial charge in [-0.15, -0.1) is 0 Å². The Kier molecular flexibility index (Phi) is 3.18. The first-order chi connectivity index (χ1) is 10.7. The Bertz CT molecular complexity index is 721. The van der Waals surface area contributed by atoms with Gasteiger partial charge in [-0.3, -0.25) is 15.0 Å². The van der Waals surface area contributed by atoms with Crippen molar-refractivity contribution in [3.05, 3.63) is 40.4 Å². The van der Waals surface area contributed by atoms with E-state index >= 15 is 0 Å². The van der Waals surface area contributed by atoms with E-state index in [0.717, 1.165) is 48.9 Å². The fourth-order valence-corrected chi connectivity index (χ4v) is 3.15. The van der Waals surface area contributed by atoms with Gasteiger partial charge in [0.2, 0.25) is 0 Å². The highest BCUT2D eigenvalue weighted by molar-refractivity contribution is 5.82. The third kappa shape index (κ3) is 2.50. The first kappa shape index (κ1) is 13.5. The normalized spacial score (nSPS) is 19.5. The molecule has 0 unspecified atom stereocenters. The number of rotatable bonds is 3. The van der Waals surface area contributed by atoms with Crippen molar-refractivity contribution in [2.45, 2.75) is 18.9 Å². The highest BCUT2D eigenvalue weighted by atomic mass is 16.6. The summed E-state index contributed by atoms with van der Waals surface area (Å²) in [6.07, 6.45) is 2.71. The van der Waals surface area contributed by atoms with Gasteiger partial charge in [-0.05, 0) is 31.0 Å². The number of nitro benzene ring substituents is 1. The second-order valence-electron chi connectivity index (χ2n) is 6.06. The van der Waals surface area contributed by atoms with Crippen molar-refractivity contribution in [2.75, 3.05) is 31.1 Å². The number of benzene rings is 1. The van der Waals surface area contributed by atoms with Gasteiger partial charge in [-0.25, -0.2) is 4.98 Å². The van der Waals surface area contributed by atoms with Crippen molar-refractivity contribution in [3.8, 4) is 0 Å². The number of aromatic nitrogens is 1. The molecule has 114 valence electrons. The van der Waals surface area contributed by atoms with Gasteiger partial charge in [0.15, 0.2) is 0 Å². The van der Waals surface area contributed by atoms with E-state index in [1.807, 2.05) is 12.1 Å². The van der Waals surface area contributed by atoms with Gasteiger partial charge >= 0.3 is 0 Å². The van der Waals surface area contributed by atoms with E-state index in [4.69, 9.17) is 0 Å². The number of non-ortho nitro benzene ring substituents is 1. The smallest absolute Gasteiger partial charge is 0.270 e. The van der Waals surface area contributed by atoms with Crippen molar-refractivity contribution >= 4 is 22.4 Å². The fourth-order valence-electron chi connectivity index (χ4n) is 3.15. The van der Waals surface area contributed by atoms with Crippen molar-refractivity contribution in [1.29, 1.82) is 0 Å². The van der Waals surface area contributed by atoms with Crippen LogP contribution in [0.5, 0.6) is 0 Å². The Balaban J connectivity index is 1.55. The third-order valence-corrected chi connectivity index (χ3v) is 4.57. The summed E-state index contributed by atoms with van der Waals surface area (Å²) in [5, 5.41) is 11.6. The largest absolute Gasteiger partial charge is 0.354 e. The maximum absolute atomic E-state index is 10.8. The maximum atomic E-state index is 10.8. The molecule has 0 radical (unpaired) electrons. The van der Waals surface area contributed by atoms with Crippen LogP contribution >= 0.6 is 0 Å². The lowest BCUT2D eigenvalue weighted by atomic mass is 10.2. The molecule has 22 heavy (non-hydrogen) atoms. The standard InChI is InChI=1S/C16H18N4O2/c21-20(22)14-4-5-15-12(11-14)1-6-16(17-15)19-9-7-18(8-10-19)13-2-3-13/h1,4-6,11,13H,2-3,7-10H2. The summed E-state index contributed by atoms with van der Waals surface area (Å²) in [4.78, 5) is 20.0. The SMILES string of the molecule is O=[N+]([O-])c1ccc2nc(N3CCN(C4CC4)CC3)ccc2c1. The van der Waals surface area contributed by atoms with Gasteiger partial charge in [-0.2, -0.15) is 0 Å². The topological polar surface area (TPSA) is 62.5 Å². The Labute approximate surface area is 128 Å². The second kappa shape index (κ2) is 5.21. The summed E-state index contributed by atoms with van der Waals surface area (Å²) in [6, 6.07) is 9.56. The van der Waals surface area contributed by atoms with Crippen molar-refractivity contribution in [3.63, 3.8) is 0 Å². The lowest BCUT2D eigenvalue weighted by molar-refractivity contribution is -0.384. The molecule has 1 saturated carbocycles. The first-order valence-electron chi connectivity index (χ1n) is 7.75. The van der Waals surface area contributed by atoms with E-state index in [2.05, 4.69) is 14.8 Å². The number of nitro groups is 1. The summed E-state index contributed by atoms with van der Waals surface area (Å²) in [7, 11) is 0. The van der Waals surface area contributed by atoms with Crippen molar-refractivity contribution in [1.82, 2.24) is 9.88 Å².